The molecule has 0 saturated carbocycles. The molecular weight excluding hydrogens is 375 g/mol. The number of alkyl carbamates (subject to hydrolysis) is 1. The number of benzene rings is 2. The van der Waals surface area contributed by atoms with Crippen LogP contribution in [0.3, 0.4) is 0 Å². The zero-order valence-corrected chi connectivity index (χ0v) is 17.5. The van der Waals surface area contributed by atoms with Gasteiger partial charge < -0.3 is 10.1 Å². The Hall–Kier alpha value is -2.05. The molecule has 2 aromatic rings. The first-order valence-electron chi connectivity index (χ1n) is 9.62. The summed E-state index contributed by atoms with van der Waals surface area (Å²) in [6.07, 6.45) is -0.666. The van der Waals surface area contributed by atoms with Crippen LogP contribution in [0.1, 0.15) is 38.1 Å². The lowest BCUT2D eigenvalue weighted by Gasteiger charge is -2.12. The van der Waals surface area contributed by atoms with Gasteiger partial charge in [-0.05, 0) is 35.6 Å². The molecule has 152 valence electrons. The predicted octanol–water partition coefficient (Wildman–Crippen LogP) is 5.30. The van der Waals surface area contributed by atoms with E-state index in [1.54, 1.807) is 18.9 Å². The van der Waals surface area contributed by atoms with E-state index in [1.165, 1.54) is 0 Å². The van der Waals surface area contributed by atoms with Crippen LogP contribution < -0.4 is 10.0 Å². The lowest BCUT2D eigenvalue weighted by molar-refractivity contribution is 0.152. The van der Waals surface area contributed by atoms with Crippen LogP contribution in [0.2, 0.25) is 0 Å². The second-order valence-electron chi connectivity index (χ2n) is 6.70. The van der Waals surface area contributed by atoms with Gasteiger partial charge in [0, 0.05) is 18.3 Å². The Labute approximate surface area is 171 Å². The zero-order chi connectivity index (χ0) is 20.4. The molecule has 0 fully saturated rings. The third kappa shape index (κ3) is 7.52. The molecule has 0 saturated heterocycles. The van der Waals surface area contributed by atoms with Crippen LogP contribution in [0.5, 0.6) is 0 Å². The number of hydrogen-bond donors (Lipinski definition) is 2. The molecular formula is C22H29FN2O2S. The Kier molecular flexibility index (Phi) is 9.31. The molecule has 1 amide bonds. The smallest absolute Gasteiger partial charge is 0.407 e. The highest BCUT2D eigenvalue weighted by molar-refractivity contribution is 7.97. The summed E-state index contributed by atoms with van der Waals surface area (Å²) in [5.74, 6) is 0. The van der Waals surface area contributed by atoms with Crippen LogP contribution in [0.4, 0.5) is 9.18 Å². The standard InChI is InChI=1S/C22H29FN2O2S/c1-4-27-22(26)24-14-13-17-5-7-18(8-6-17)19-9-11-20(12-10-19)21(23)15-25-28-16(2)3/h5-12,16,21,25H,4,13-15H2,1-3H3,(H,24,26). The predicted molar refractivity (Wildman–Crippen MR) is 115 cm³/mol. The van der Waals surface area contributed by atoms with Gasteiger partial charge in [-0.15, -0.1) is 0 Å². The highest BCUT2D eigenvalue weighted by Crippen LogP contribution is 2.24. The lowest BCUT2D eigenvalue weighted by Crippen LogP contribution is -2.26. The Morgan fingerprint density at radius 1 is 1.07 bits per heavy atom. The van der Waals surface area contributed by atoms with Gasteiger partial charge in [-0.2, -0.15) is 0 Å². The van der Waals surface area contributed by atoms with Crippen molar-refractivity contribution in [3.8, 4) is 11.1 Å². The van der Waals surface area contributed by atoms with Crippen molar-refractivity contribution in [3.05, 3.63) is 59.7 Å². The molecule has 0 aliphatic rings. The normalized spacial score (nSPS) is 12.0. The number of carbonyl (C=O) groups excluding carboxylic acids is 1. The van der Waals surface area contributed by atoms with Gasteiger partial charge in [0.2, 0.25) is 0 Å². The number of amides is 1. The van der Waals surface area contributed by atoms with E-state index in [0.717, 1.165) is 23.1 Å². The molecule has 1 unspecified atom stereocenters. The fraction of sp³-hybridized carbons (Fsp3) is 0.409. The largest absolute Gasteiger partial charge is 0.450 e. The van der Waals surface area contributed by atoms with E-state index in [2.05, 4.69) is 23.9 Å². The maximum atomic E-state index is 14.3. The minimum atomic E-state index is -1.02. The van der Waals surface area contributed by atoms with Gasteiger partial charge in [0.1, 0.15) is 6.17 Å². The van der Waals surface area contributed by atoms with Gasteiger partial charge in [-0.25, -0.2) is 9.18 Å². The van der Waals surface area contributed by atoms with Gasteiger partial charge >= 0.3 is 6.09 Å². The summed E-state index contributed by atoms with van der Waals surface area (Å²) in [5.41, 5.74) is 3.95. The first-order valence-corrected chi connectivity index (χ1v) is 10.5. The van der Waals surface area contributed by atoms with E-state index >= 15 is 0 Å². The van der Waals surface area contributed by atoms with E-state index < -0.39 is 6.17 Å². The summed E-state index contributed by atoms with van der Waals surface area (Å²) in [5, 5.41) is 3.14. The van der Waals surface area contributed by atoms with Crippen molar-refractivity contribution >= 4 is 18.0 Å². The molecule has 0 radical (unpaired) electrons. The number of carbonyl (C=O) groups is 1. The SMILES string of the molecule is CCOC(=O)NCCc1ccc(-c2ccc(C(F)CNSC(C)C)cc2)cc1. The zero-order valence-electron chi connectivity index (χ0n) is 16.7. The lowest BCUT2D eigenvalue weighted by atomic mass is 10.0. The number of halogens is 1. The van der Waals surface area contributed by atoms with Crippen LogP contribution in [0.15, 0.2) is 48.5 Å². The highest BCUT2D eigenvalue weighted by atomic mass is 32.2. The number of hydrogen-bond acceptors (Lipinski definition) is 4. The van der Waals surface area contributed by atoms with Crippen molar-refractivity contribution in [2.75, 3.05) is 19.7 Å². The highest BCUT2D eigenvalue weighted by Gasteiger charge is 2.10. The topological polar surface area (TPSA) is 50.4 Å². The third-order valence-electron chi connectivity index (χ3n) is 4.10. The average molecular weight is 405 g/mol. The monoisotopic (exact) mass is 404 g/mol. The van der Waals surface area contributed by atoms with E-state index in [-0.39, 0.29) is 6.09 Å². The minimum absolute atomic E-state index is 0.302. The second-order valence-corrected chi connectivity index (χ2v) is 8.17. The van der Waals surface area contributed by atoms with E-state index in [1.807, 2.05) is 48.5 Å². The molecule has 0 heterocycles. The summed E-state index contributed by atoms with van der Waals surface area (Å²) in [6, 6.07) is 15.8. The fourth-order valence-corrected chi connectivity index (χ4v) is 3.22. The molecule has 1 atom stereocenters. The Bertz CT molecular complexity index is 720. The Morgan fingerprint density at radius 3 is 2.25 bits per heavy atom. The van der Waals surface area contributed by atoms with Crippen LogP contribution in [-0.4, -0.2) is 31.0 Å². The first kappa shape index (κ1) is 22.2. The van der Waals surface area contributed by atoms with Crippen molar-refractivity contribution in [2.24, 2.45) is 0 Å². The number of rotatable bonds is 10. The van der Waals surface area contributed by atoms with Crippen LogP contribution in [0.25, 0.3) is 11.1 Å². The number of ether oxygens (including phenoxy) is 1. The summed E-state index contributed by atoms with van der Waals surface area (Å²) in [6.45, 7) is 7.13. The van der Waals surface area contributed by atoms with E-state index in [9.17, 15) is 9.18 Å². The van der Waals surface area contributed by atoms with E-state index in [0.29, 0.717) is 30.5 Å². The molecule has 0 aliphatic heterocycles. The second kappa shape index (κ2) is 11.7. The summed E-state index contributed by atoms with van der Waals surface area (Å²) in [7, 11) is 0. The molecule has 2 rings (SSSR count). The first-order chi connectivity index (χ1) is 13.5. The molecule has 28 heavy (non-hydrogen) atoms. The van der Waals surface area contributed by atoms with Gasteiger partial charge in [0.15, 0.2) is 0 Å². The molecule has 0 bridgehead atoms. The van der Waals surface area contributed by atoms with Crippen molar-refractivity contribution < 1.29 is 13.9 Å². The molecule has 2 aromatic carbocycles. The molecule has 4 nitrogen and oxygen atoms in total. The van der Waals surface area contributed by atoms with Crippen molar-refractivity contribution in [1.82, 2.24) is 10.0 Å². The minimum Gasteiger partial charge on any atom is -0.450 e. The summed E-state index contributed by atoms with van der Waals surface area (Å²) >= 11 is 1.54. The van der Waals surface area contributed by atoms with Crippen molar-refractivity contribution in [3.63, 3.8) is 0 Å². The van der Waals surface area contributed by atoms with Gasteiger partial charge in [-0.1, -0.05) is 74.3 Å². The molecule has 2 N–H and O–H groups in total. The Balaban J connectivity index is 1.87. The Morgan fingerprint density at radius 2 is 1.68 bits per heavy atom. The van der Waals surface area contributed by atoms with Gasteiger partial charge in [0.05, 0.1) is 6.61 Å². The fourth-order valence-electron chi connectivity index (χ4n) is 2.65. The summed E-state index contributed by atoms with van der Waals surface area (Å²) < 4.78 is 22.2. The van der Waals surface area contributed by atoms with E-state index in [4.69, 9.17) is 4.74 Å². The average Bonchev–Trinajstić information content (AvgIpc) is 2.68. The number of alkyl halides is 1. The molecule has 6 heteroatoms. The number of nitrogens with one attached hydrogen (secondary N) is 2. The summed E-state index contributed by atoms with van der Waals surface area (Å²) in [4.78, 5) is 11.3. The maximum Gasteiger partial charge on any atom is 0.407 e. The molecule has 0 aliphatic carbocycles. The van der Waals surface area contributed by atoms with Gasteiger partial charge in [0.25, 0.3) is 0 Å². The van der Waals surface area contributed by atoms with Crippen LogP contribution in [-0.2, 0) is 11.2 Å². The molecule has 0 aromatic heterocycles. The van der Waals surface area contributed by atoms with Crippen LogP contribution >= 0.6 is 11.9 Å². The van der Waals surface area contributed by atoms with Crippen molar-refractivity contribution in [1.29, 1.82) is 0 Å². The third-order valence-corrected chi connectivity index (χ3v) is 4.90. The van der Waals surface area contributed by atoms with Gasteiger partial charge in [-0.3, -0.25) is 4.72 Å². The van der Waals surface area contributed by atoms with Crippen molar-refractivity contribution in [2.45, 2.75) is 38.6 Å². The van der Waals surface area contributed by atoms with Crippen LogP contribution in [0, 0.1) is 0 Å². The maximum absolute atomic E-state index is 14.3. The molecule has 0 spiro atoms. The quantitative estimate of drug-likeness (QED) is 0.528.